The van der Waals surface area contributed by atoms with Crippen molar-refractivity contribution in [1.29, 1.82) is 0 Å². The van der Waals surface area contributed by atoms with E-state index in [1.165, 1.54) is 25.7 Å². The molecule has 0 saturated heterocycles. The molecule has 1 aromatic rings. The summed E-state index contributed by atoms with van der Waals surface area (Å²) in [7, 11) is 0. The lowest BCUT2D eigenvalue weighted by Crippen LogP contribution is -2.07. The van der Waals surface area contributed by atoms with E-state index in [2.05, 4.69) is 6.92 Å². The molecule has 0 aliphatic carbocycles. The Labute approximate surface area is 110 Å². The molecule has 2 heteroatoms. The van der Waals surface area contributed by atoms with Crippen LogP contribution >= 0.6 is 0 Å². The van der Waals surface area contributed by atoms with Gasteiger partial charge in [0.25, 0.3) is 0 Å². The minimum Gasteiger partial charge on any atom is -0.427 e. The summed E-state index contributed by atoms with van der Waals surface area (Å²) in [4.78, 5) is 11.5. The lowest BCUT2D eigenvalue weighted by atomic mass is 10.1. The molecule has 0 heterocycles. The van der Waals surface area contributed by atoms with Gasteiger partial charge in [0.15, 0.2) is 0 Å². The predicted octanol–water partition coefficient (Wildman–Crippen LogP) is 4.55. The second-order valence-corrected chi connectivity index (χ2v) is 4.51. The first-order valence-corrected chi connectivity index (χ1v) is 6.88. The molecule has 0 N–H and O–H groups in total. The molecule has 1 radical (unpaired) electrons. The zero-order chi connectivity index (χ0) is 13.1. The molecule has 0 unspecified atom stereocenters. The van der Waals surface area contributed by atoms with E-state index in [1.807, 2.05) is 18.2 Å². The van der Waals surface area contributed by atoms with Crippen LogP contribution in [0.4, 0.5) is 0 Å². The molecule has 0 saturated carbocycles. The van der Waals surface area contributed by atoms with Gasteiger partial charge in [0, 0.05) is 6.42 Å². The summed E-state index contributed by atoms with van der Waals surface area (Å²) in [5.74, 6) is 0.511. The smallest absolute Gasteiger partial charge is 0.311 e. The first-order chi connectivity index (χ1) is 8.83. The van der Waals surface area contributed by atoms with Gasteiger partial charge in [0.2, 0.25) is 0 Å². The summed E-state index contributed by atoms with van der Waals surface area (Å²) in [5, 5.41) is 0. The van der Waals surface area contributed by atoms with Gasteiger partial charge in [-0.2, -0.15) is 0 Å². The van der Waals surface area contributed by atoms with Crippen molar-refractivity contribution in [2.75, 3.05) is 0 Å². The molecule has 2 nitrogen and oxygen atoms in total. The molecule has 1 aromatic carbocycles. The van der Waals surface area contributed by atoms with Crippen molar-refractivity contribution in [3.8, 4) is 5.75 Å². The highest BCUT2D eigenvalue weighted by Crippen LogP contribution is 2.12. The number of para-hydroxylation sites is 1. The van der Waals surface area contributed by atoms with Gasteiger partial charge in [0.1, 0.15) is 5.75 Å². The molecule has 18 heavy (non-hydrogen) atoms. The fourth-order valence-electron chi connectivity index (χ4n) is 1.82. The molecule has 1 rings (SSSR count). The van der Waals surface area contributed by atoms with Crippen LogP contribution in [0.5, 0.6) is 5.75 Å². The number of unbranched alkanes of at least 4 members (excludes halogenated alkanes) is 6. The second kappa shape index (κ2) is 9.69. The SMILES string of the molecule is [CH2]CCCCCCCCC(=O)Oc1ccccc1. The van der Waals surface area contributed by atoms with E-state index in [0.717, 1.165) is 19.3 Å². The van der Waals surface area contributed by atoms with Crippen LogP contribution in [-0.2, 0) is 4.79 Å². The average Bonchev–Trinajstić information content (AvgIpc) is 2.39. The van der Waals surface area contributed by atoms with E-state index in [-0.39, 0.29) is 5.97 Å². The zero-order valence-electron chi connectivity index (χ0n) is 11.1. The molecule has 0 aliphatic heterocycles. The van der Waals surface area contributed by atoms with Crippen molar-refractivity contribution in [1.82, 2.24) is 0 Å². The Hall–Kier alpha value is -1.31. The van der Waals surface area contributed by atoms with E-state index in [4.69, 9.17) is 4.74 Å². The maximum Gasteiger partial charge on any atom is 0.311 e. The number of rotatable bonds is 9. The fourth-order valence-corrected chi connectivity index (χ4v) is 1.82. The maximum atomic E-state index is 11.5. The summed E-state index contributed by atoms with van der Waals surface area (Å²) >= 11 is 0. The normalized spacial score (nSPS) is 10.3. The number of hydrogen-bond acceptors (Lipinski definition) is 2. The van der Waals surface area contributed by atoms with Crippen molar-refractivity contribution in [3.05, 3.63) is 37.3 Å². The first-order valence-electron chi connectivity index (χ1n) is 6.88. The fraction of sp³-hybridized carbons (Fsp3) is 0.500. The van der Waals surface area contributed by atoms with Gasteiger partial charge in [-0.05, 0) is 18.6 Å². The minimum atomic E-state index is -0.126. The van der Waals surface area contributed by atoms with Crippen LogP contribution in [0.3, 0.4) is 0 Å². The van der Waals surface area contributed by atoms with Crippen LogP contribution in [-0.4, -0.2) is 5.97 Å². The van der Waals surface area contributed by atoms with Crippen molar-refractivity contribution in [3.63, 3.8) is 0 Å². The molecule has 0 amide bonds. The molecule has 0 atom stereocenters. The van der Waals surface area contributed by atoms with E-state index in [1.54, 1.807) is 12.1 Å². The van der Waals surface area contributed by atoms with Crippen LogP contribution in [0, 0.1) is 6.92 Å². The second-order valence-electron chi connectivity index (χ2n) is 4.51. The quantitative estimate of drug-likeness (QED) is 0.363. The number of hydrogen-bond donors (Lipinski definition) is 0. The van der Waals surface area contributed by atoms with Crippen molar-refractivity contribution >= 4 is 5.97 Å². The Kier molecular flexibility index (Phi) is 7.94. The Morgan fingerprint density at radius 3 is 2.22 bits per heavy atom. The van der Waals surface area contributed by atoms with E-state index in [9.17, 15) is 4.79 Å². The zero-order valence-corrected chi connectivity index (χ0v) is 11.1. The lowest BCUT2D eigenvalue weighted by Gasteiger charge is -2.04. The Morgan fingerprint density at radius 1 is 0.944 bits per heavy atom. The highest BCUT2D eigenvalue weighted by molar-refractivity contribution is 5.72. The lowest BCUT2D eigenvalue weighted by molar-refractivity contribution is -0.134. The summed E-state index contributed by atoms with van der Waals surface area (Å²) in [6.45, 7) is 3.82. The number of carbonyl (C=O) groups excluding carboxylic acids is 1. The van der Waals surface area contributed by atoms with Gasteiger partial charge in [0.05, 0.1) is 0 Å². The van der Waals surface area contributed by atoms with Crippen LogP contribution in [0.2, 0.25) is 0 Å². The van der Waals surface area contributed by atoms with Crippen molar-refractivity contribution in [2.45, 2.75) is 51.4 Å². The maximum absolute atomic E-state index is 11.5. The monoisotopic (exact) mass is 247 g/mol. The van der Waals surface area contributed by atoms with Gasteiger partial charge >= 0.3 is 5.97 Å². The van der Waals surface area contributed by atoms with Crippen LogP contribution in [0.1, 0.15) is 51.4 Å². The first kappa shape index (κ1) is 14.7. The molecule has 0 aromatic heterocycles. The summed E-state index contributed by atoms with van der Waals surface area (Å²) in [5.41, 5.74) is 0. The molecule has 99 valence electrons. The topological polar surface area (TPSA) is 26.3 Å². The third-order valence-electron chi connectivity index (χ3n) is 2.86. The third kappa shape index (κ3) is 7.10. The third-order valence-corrected chi connectivity index (χ3v) is 2.86. The molecule has 0 bridgehead atoms. The van der Waals surface area contributed by atoms with Crippen molar-refractivity contribution in [2.24, 2.45) is 0 Å². The number of esters is 1. The molecular weight excluding hydrogens is 224 g/mol. The van der Waals surface area contributed by atoms with Crippen LogP contribution in [0.15, 0.2) is 30.3 Å². The van der Waals surface area contributed by atoms with E-state index < -0.39 is 0 Å². The van der Waals surface area contributed by atoms with E-state index >= 15 is 0 Å². The predicted molar refractivity (Wildman–Crippen MR) is 74.4 cm³/mol. The minimum absolute atomic E-state index is 0.126. The highest BCUT2D eigenvalue weighted by atomic mass is 16.5. The van der Waals surface area contributed by atoms with Crippen LogP contribution in [0.25, 0.3) is 0 Å². The molecule has 0 fully saturated rings. The van der Waals surface area contributed by atoms with Crippen molar-refractivity contribution < 1.29 is 9.53 Å². The molecular formula is C16H23O2. The Morgan fingerprint density at radius 2 is 1.56 bits per heavy atom. The number of ether oxygens (including phenoxy) is 1. The Bertz CT molecular complexity index is 319. The molecule has 0 aliphatic rings. The standard InChI is InChI=1S/C16H23O2/c1-2-3-4-5-6-7-11-14-16(17)18-15-12-9-8-10-13-15/h8-10,12-13H,1-7,11,14H2. The van der Waals surface area contributed by atoms with E-state index in [0.29, 0.717) is 12.2 Å². The summed E-state index contributed by atoms with van der Waals surface area (Å²) in [6, 6.07) is 9.24. The van der Waals surface area contributed by atoms with Gasteiger partial charge < -0.3 is 4.74 Å². The average molecular weight is 247 g/mol. The molecule has 0 spiro atoms. The van der Waals surface area contributed by atoms with Crippen LogP contribution < -0.4 is 4.74 Å². The van der Waals surface area contributed by atoms with Gasteiger partial charge in [-0.25, -0.2) is 0 Å². The van der Waals surface area contributed by atoms with Gasteiger partial charge in [-0.15, -0.1) is 0 Å². The number of carbonyl (C=O) groups is 1. The highest BCUT2D eigenvalue weighted by Gasteiger charge is 2.03. The Balaban J connectivity index is 2.00. The largest absolute Gasteiger partial charge is 0.427 e. The van der Waals surface area contributed by atoms with Gasteiger partial charge in [-0.1, -0.05) is 63.6 Å². The summed E-state index contributed by atoms with van der Waals surface area (Å²) < 4.78 is 5.21. The summed E-state index contributed by atoms with van der Waals surface area (Å²) in [6.07, 6.45) is 8.53. The number of benzene rings is 1. The van der Waals surface area contributed by atoms with Gasteiger partial charge in [-0.3, -0.25) is 4.79 Å².